The van der Waals surface area contributed by atoms with E-state index in [-0.39, 0.29) is 22.6 Å². The van der Waals surface area contributed by atoms with Crippen molar-refractivity contribution in [3.05, 3.63) is 0 Å². The number of rotatable bonds is 7. The lowest BCUT2D eigenvalue weighted by Gasteiger charge is -2.12. The molecule has 0 saturated heterocycles. The molecule has 0 heterocycles. The van der Waals surface area contributed by atoms with Crippen LogP contribution >= 0.6 is 15.9 Å². The second-order valence-electron chi connectivity index (χ2n) is 3.84. The number of carbonyl (C=O) groups is 2. The van der Waals surface area contributed by atoms with Gasteiger partial charge in [-0.05, 0) is 13.3 Å². The van der Waals surface area contributed by atoms with E-state index < -0.39 is 0 Å². The van der Waals surface area contributed by atoms with Crippen molar-refractivity contribution < 1.29 is 14.3 Å². The summed E-state index contributed by atoms with van der Waals surface area (Å²) in [5, 5.41) is 2.80. The van der Waals surface area contributed by atoms with E-state index in [2.05, 4.69) is 21.2 Å². The lowest BCUT2D eigenvalue weighted by Crippen LogP contribution is -2.32. The van der Waals surface area contributed by atoms with E-state index in [1.165, 1.54) is 0 Å². The molecule has 0 aromatic heterocycles. The lowest BCUT2D eigenvalue weighted by atomic mass is 10.2. The average molecular weight is 294 g/mol. The van der Waals surface area contributed by atoms with Gasteiger partial charge in [-0.25, -0.2) is 0 Å². The molecule has 0 aliphatic heterocycles. The first-order valence-electron chi connectivity index (χ1n) is 5.54. The fraction of sp³-hybridized carbons (Fsp3) is 0.818. The fourth-order valence-corrected chi connectivity index (χ4v) is 1.42. The van der Waals surface area contributed by atoms with Gasteiger partial charge in [-0.1, -0.05) is 29.8 Å². The van der Waals surface area contributed by atoms with Gasteiger partial charge in [0.1, 0.15) is 0 Å². The van der Waals surface area contributed by atoms with E-state index in [1.54, 1.807) is 6.92 Å². The van der Waals surface area contributed by atoms with E-state index in [0.29, 0.717) is 26.0 Å². The number of esters is 1. The quantitative estimate of drug-likeness (QED) is 0.576. The van der Waals surface area contributed by atoms with Gasteiger partial charge in [0.2, 0.25) is 5.91 Å². The monoisotopic (exact) mass is 293 g/mol. The molecule has 0 rings (SSSR count). The van der Waals surface area contributed by atoms with Gasteiger partial charge in [-0.3, -0.25) is 9.59 Å². The number of carbonyl (C=O) groups excluding carboxylic acids is 2. The van der Waals surface area contributed by atoms with E-state index in [9.17, 15) is 9.59 Å². The summed E-state index contributed by atoms with van der Waals surface area (Å²) in [6.45, 7) is 6.42. The third-order valence-electron chi connectivity index (χ3n) is 1.99. The lowest BCUT2D eigenvalue weighted by molar-refractivity contribution is -0.143. The smallest absolute Gasteiger partial charge is 0.305 e. The summed E-state index contributed by atoms with van der Waals surface area (Å²) >= 11 is 3.41. The standard InChI is InChI=1S/C11H20BrNO3/c1-4-16-10(14)6-5-9(12)7-13-11(15)8(2)3/h8-9H,4-7H2,1-3H3,(H,13,15). The molecule has 0 aliphatic carbocycles. The SMILES string of the molecule is CCOC(=O)CCC(Br)CNC(=O)C(C)C. The third kappa shape index (κ3) is 7.68. The fourth-order valence-electron chi connectivity index (χ4n) is 1.03. The number of halogens is 1. The first-order chi connectivity index (χ1) is 7.47. The molecule has 0 saturated carbocycles. The maximum absolute atomic E-state index is 11.3. The molecule has 1 N–H and O–H groups in total. The Bertz CT molecular complexity index is 231. The Morgan fingerprint density at radius 3 is 2.50 bits per heavy atom. The van der Waals surface area contributed by atoms with Crippen molar-refractivity contribution in [3.63, 3.8) is 0 Å². The van der Waals surface area contributed by atoms with Gasteiger partial charge in [0.25, 0.3) is 0 Å². The highest BCUT2D eigenvalue weighted by atomic mass is 79.9. The van der Waals surface area contributed by atoms with Crippen LogP contribution in [0.2, 0.25) is 0 Å². The van der Waals surface area contributed by atoms with Gasteiger partial charge in [0, 0.05) is 23.7 Å². The van der Waals surface area contributed by atoms with Gasteiger partial charge in [0.15, 0.2) is 0 Å². The first-order valence-corrected chi connectivity index (χ1v) is 6.46. The molecule has 1 amide bonds. The van der Waals surface area contributed by atoms with Gasteiger partial charge in [0.05, 0.1) is 6.61 Å². The highest BCUT2D eigenvalue weighted by Gasteiger charge is 2.11. The van der Waals surface area contributed by atoms with Crippen LogP contribution in [-0.4, -0.2) is 29.9 Å². The molecule has 0 aliphatic rings. The summed E-state index contributed by atoms with van der Waals surface area (Å²) in [5.41, 5.74) is 0. The minimum atomic E-state index is -0.192. The minimum Gasteiger partial charge on any atom is -0.466 e. The summed E-state index contributed by atoms with van der Waals surface area (Å²) in [6.07, 6.45) is 1.04. The van der Waals surface area contributed by atoms with Gasteiger partial charge in [-0.2, -0.15) is 0 Å². The van der Waals surface area contributed by atoms with Crippen LogP contribution in [-0.2, 0) is 14.3 Å². The van der Waals surface area contributed by atoms with Crippen LogP contribution in [0, 0.1) is 5.92 Å². The zero-order valence-corrected chi connectivity index (χ0v) is 11.7. The van der Waals surface area contributed by atoms with Crippen LogP contribution in [0.4, 0.5) is 0 Å². The Labute approximate surface area is 105 Å². The van der Waals surface area contributed by atoms with E-state index in [0.717, 1.165) is 0 Å². The van der Waals surface area contributed by atoms with E-state index in [1.807, 2.05) is 13.8 Å². The topological polar surface area (TPSA) is 55.4 Å². The van der Waals surface area contributed by atoms with Crippen LogP contribution < -0.4 is 5.32 Å². The highest BCUT2D eigenvalue weighted by molar-refractivity contribution is 9.09. The van der Waals surface area contributed by atoms with E-state index in [4.69, 9.17) is 4.74 Å². The van der Waals surface area contributed by atoms with Crippen molar-refractivity contribution in [1.29, 1.82) is 0 Å². The van der Waals surface area contributed by atoms with Gasteiger partial charge in [-0.15, -0.1) is 0 Å². The number of hydrogen-bond acceptors (Lipinski definition) is 3. The number of alkyl halides is 1. The molecule has 0 fully saturated rings. The second-order valence-corrected chi connectivity index (χ2v) is 5.14. The van der Waals surface area contributed by atoms with Crippen LogP contribution in [0.3, 0.4) is 0 Å². The summed E-state index contributed by atoms with van der Waals surface area (Å²) < 4.78 is 4.81. The van der Waals surface area contributed by atoms with E-state index >= 15 is 0 Å². The molecule has 0 aromatic rings. The third-order valence-corrected chi connectivity index (χ3v) is 2.77. The van der Waals surface area contributed by atoms with Crippen LogP contribution in [0.5, 0.6) is 0 Å². The molecule has 0 aromatic carbocycles. The molecule has 1 unspecified atom stereocenters. The largest absolute Gasteiger partial charge is 0.466 e. The summed E-state index contributed by atoms with van der Waals surface area (Å²) in [4.78, 5) is 22.4. The molecule has 4 nitrogen and oxygen atoms in total. The van der Waals surface area contributed by atoms with Crippen molar-refractivity contribution in [3.8, 4) is 0 Å². The van der Waals surface area contributed by atoms with Crippen molar-refractivity contribution in [1.82, 2.24) is 5.32 Å². The van der Waals surface area contributed by atoms with Gasteiger partial charge < -0.3 is 10.1 Å². The average Bonchev–Trinajstić information content (AvgIpc) is 2.23. The zero-order chi connectivity index (χ0) is 12.6. The van der Waals surface area contributed by atoms with Crippen molar-refractivity contribution in [2.45, 2.75) is 38.4 Å². The number of ether oxygens (including phenoxy) is 1. The summed E-state index contributed by atoms with van der Waals surface area (Å²) in [6, 6.07) is 0. The van der Waals surface area contributed by atoms with Crippen LogP contribution in [0.15, 0.2) is 0 Å². The summed E-state index contributed by atoms with van der Waals surface area (Å²) in [7, 11) is 0. The molecule has 0 radical (unpaired) electrons. The first kappa shape index (κ1) is 15.4. The molecule has 16 heavy (non-hydrogen) atoms. The molecular formula is C11H20BrNO3. The predicted molar refractivity (Wildman–Crippen MR) is 66.4 cm³/mol. The maximum atomic E-state index is 11.3. The van der Waals surface area contributed by atoms with Crippen LogP contribution in [0.1, 0.15) is 33.6 Å². The van der Waals surface area contributed by atoms with Crippen molar-refractivity contribution >= 4 is 27.8 Å². The van der Waals surface area contributed by atoms with Gasteiger partial charge >= 0.3 is 5.97 Å². The second kappa shape index (κ2) is 8.56. The van der Waals surface area contributed by atoms with Crippen molar-refractivity contribution in [2.75, 3.05) is 13.2 Å². The van der Waals surface area contributed by atoms with Crippen LogP contribution in [0.25, 0.3) is 0 Å². The molecule has 0 spiro atoms. The Hall–Kier alpha value is -0.580. The molecule has 5 heteroatoms. The number of hydrogen-bond donors (Lipinski definition) is 1. The molecule has 0 bridgehead atoms. The molecule has 1 atom stereocenters. The molecule has 94 valence electrons. The Morgan fingerprint density at radius 2 is 2.00 bits per heavy atom. The Balaban J connectivity index is 3.62. The zero-order valence-electron chi connectivity index (χ0n) is 10.1. The Morgan fingerprint density at radius 1 is 1.38 bits per heavy atom. The normalized spacial score (nSPS) is 12.3. The molecular weight excluding hydrogens is 274 g/mol. The highest BCUT2D eigenvalue weighted by Crippen LogP contribution is 2.08. The summed E-state index contributed by atoms with van der Waals surface area (Å²) in [5.74, 6) is -0.174. The Kier molecular flexibility index (Phi) is 8.25. The predicted octanol–water partition coefficient (Wildman–Crippen LogP) is 1.87. The number of amides is 1. The number of nitrogens with one attached hydrogen (secondary N) is 1. The van der Waals surface area contributed by atoms with Crippen molar-refractivity contribution in [2.24, 2.45) is 5.92 Å². The minimum absolute atomic E-state index is 0.00948. The maximum Gasteiger partial charge on any atom is 0.305 e.